The SMILES string of the molecule is Cc1ccc(N2C(=O)C[C@H](N3CCC(C(=O)O)CC3)C2=O)cc1Cl. The number of nitrogens with zero attached hydrogens (tertiary/aromatic N) is 2. The van der Waals surface area contributed by atoms with E-state index in [0.29, 0.717) is 36.6 Å². The molecule has 0 radical (unpaired) electrons. The molecule has 1 atom stereocenters. The molecule has 2 aliphatic heterocycles. The van der Waals surface area contributed by atoms with Crippen LogP contribution in [0.3, 0.4) is 0 Å². The van der Waals surface area contributed by atoms with Gasteiger partial charge in [0.25, 0.3) is 5.91 Å². The standard InChI is InChI=1S/C17H19ClN2O4/c1-10-2-3-12(8-13(10)18)20-15(21)9-14(16(20)22)19-6-4-11(5-7-19)17(23)24/h2-3,8,11,14H,4-7,9H2,1H3,(H,23,24)/t14-/m0/s1. The molecule has 0 spiro atoms. The molecule has 2 amide bonds. The Bertz CT molecular complexity index is 698. The number of anilines is 1. The first-order chi connectivity index (χ1) is 11.4. The number of hydrogen-bond acceptors (Lipinski definition) is 4. The number of carbonyl (C=O) groups excluding carboxylic acids is 2. The molecular weight excluding hydrogens is 332 g/mol. The minimum Gasteiger partial charge on any atom is -0.481 e. The lowest BCUT2D eigenvalue weighted by Crippen LogP contribution is -2.46. The number of carboxylic acid groups (broad SMARTS) is 1. The number of imide groups is 1. The predicted octanol–water partition coefficient (Wildman–Crippen LogP) is 2.08. The number of aliphatic carboxylic acids is 1. The van der Waals surface area contributed by atoms with Crippen LogP contribution >= 0.6 is 11.6 Å². The smallest absolute Gasteiger partial charge is 0.306 e. The molecule has 1 N–H and O–H groups in total. The Labute approximate surface area is 145 Å². The quantitative estimate of drug-likeness (QED) is 0.844. The molecule has 0 unspecified atom stereocenters. The van der Waals surface area contributed by atoms with E-state index >= 15 is 0 Å². The molecule has 2 fully saturated rings. The highest BCUT2D eigenvalue weighted by Gasteiger charge is 2.43. The van der Waals surface area contributed by atoms with Crippen LogP contribution < -0.4 is 4.90 Å². The van der Waals surface area contributed by atoms with Gasteiger partial charge in [-0.1, -0.05) is 17.7 Å². The van der Waals surface area contributed by atoms with Crippen LogP contribution in [-0.2, 0) is 14.4 Å². The van der Waals surface area contributed by atoms with Gasteiger partial charge >= 0.3 is 5.97 Å². The number of carbonyl (C=O) groups is 3. The number of benzene rings is 1. The normalized spacial score (nSPS) is 23.1. The largest absolute Gasteiger partial charge is 0.481 e. The molecule has 7 heteroatoms. The molecule has 24 heavy (non-hydrogen) atoms. The van der Waals surface area contributed by atoms with Crippen molar-refractivity contribution in [3.8, 4) is 0 Å². The highest BCUT2D eigenvalue weighted by atomic mass is 35.5. The van der Waals surface area contributed by atoms with Crippen LogP contribution in [0.1, 0.15) is 24.8 Å². The lowest BCUT2D eigenvalue weighted by Gasteiger charge is -2.33. The summed E-state index contributed by atoms with van der Waals surface area (Å²) in [6, 6.07) is 4.62. The topological polar surface area (TPSA) is 77.9 Å². The van der Waals surface area contributed by atoms with E-state index in [9.17, 15) is 14.4 Å². The van der Waals surface area contributed by atoms with Crippen molar-refractivity contribution in [2.75, 3.05) is 18.0 Å². The highest BCUT2D eigenvalue weighted by Crippen LogP contribution is 2.30. The number of halogens is 1. The number of likely N-dealkylation sites (tertiary alicyclic amines) is 1. The van der Waals surface area contributed by atoms with Gasteiger partial charge in [-0.05, 0) is 50.6 Å². The van der Waals surface area contributed by atoms with E-state index < -0.39 is 12.0 Å². The summed E-state index contributed by atoms with van der Waals surface area (Å²) in [5.41, 5.74) is 1.37. The van der Waals surface area contributed by atoms with E-state index in [0.717, 1.165) is 5.56 Å². The van der Waals surface area contributed by atoms with E-state index in [1.807, 2.05) is 11.8 Å². The molecule has 128 valence electrons. The first kappa shape index (κ1) is 16.9. The summed E-state index contributed by atoms with van der Waals surface area (Å²) in [5, 5.41) is 9.58. The molecule has 6 nitrogen and oxygen atoms in total. The molecule has 2 saturated heterocycles. The van der Waals surface area contributed by atoms with Crippen LogP contribution in [0.25, 0.3) is 0 Å². The van der Waals surface area contributed by atoms with Crippen molar-refractivity contribution >= 4 is 35.1 Å². The fraction of sp³-hybridized carbons (Fsp3) is 0.471. The van der Waals surface area contributed by atoms with E-state index in [1.54, 1.807) is 18.2 Å². The molecule has 0 aliphatic carbocycles. The van der Waals surface area contributed by atoms with Crippen molar-refractivity contribution in [3.63, 3.8) is 0 Å². The van der Waals surface area contributed by atoms with Crippen molar-refractivity contribution in [1.29, 1.82) is 0 Å². The Hall–Kier alpha value is -1.92. The number of rotatable bonds is 3. The van der Waals surface area contributed by atoms with Gasteiger partial charge in [0, 0.05) is 5.02 Å². The van der Waals surface area contributed by atoms with Gasteiger partial charge in [0.1, 0.15) is 0 Å². The summed E-state index contributed by atoms with van der Waals surface area (Å²) in [7, 11) is 0. The second-order valence-electron chi connectivity index (χ2n) is 6.37. The molecular formula is C17H19ClN2O4. The van der Waals surface area contributed by atoms with Gasteiger partial charge in [0.15, 0.2) is 0 Å². The van der Waals surface area contributed by atoms with Gasteiger partial charge in [0.05, 0.1) is 24.1 Å². The van der Waals surface area contributed by atoms with E-state index in [1.165, 1.54) is 4.90 Å². The average Bonchev–Trinajstić information content (AvgIpc) is 2.85. The maximum Gasteiger partial charge on any atom is 0.306 e. The maximum absolute atomic E-state index is 12.7. The van der Waals surface area contributed by atoms with Crippen LogP contribution in [0.5, 0.6) is 0 Å². The summed E-state index contributed by atoms with van der Waals surface area (Å²) in [5.74, 6) is -1.65. The van der Waals surface area contributed by atoms with Crippen LogP contribution in [0.2, 0.25) is 5.02 Å². The van der Waals surface area contributed by atoms with Crippen LogP contribution in [-0.4, -0.2) is 46.9 Å². The van der Waals surface area contributed by atoms with Crippen LogP contribution in [0.4, 0.5) is 5.69 Å². The Morgan fingerprint density at radius 1 is 1.25 bits per heavy atom. The molecule has 3 rings (SSSR count). The summed E-state index contributed by atoms with van der Waals surface area (Å²) >= 11 is 6.10. The van der Waals surface area contributed by atoms with Crippen molar-refractivity contribution in [2.45, 2.75) is 32.2 Å². The van der Waals surface area contributed by atoms with Gasteiger partial charge in [-0.3, -0.25) is 19.3 Å². The maximum atomic E-state index is 12.7. The predicted molar refractivity (Wildman–Crippen MR) is 89.0 cm³/mol. The molecule has 1 aromatic rings. The second-order valence-corrected chi connectivity index (χ2v) is 6.78. The minimum atomic E-state index is -0.792. The monoisotopic (exact) mass is 350 g/mol. The molecule has 2 aliphatic rings. The zero-order chi connectivity index (χ0) is 17.4. The first-order valence-electron chi connectivity index (χ1n) is 7.98. The van der Waals surface area contributed by atoms with E-state index in [4.69, 9.17) is 16.7 Å². The van der Waals surface area contributed by atoms with Crippen LogP contribution in [0, 0.1) is 12.8 Å². The number of aryl methyl sites for hydroxylation is 1. The average molecular weight is 351 g/mol. The van der Waals surface area contributed by atoms with Gasteiger partial charge in [-0.25, -0.2) is 4.90 Å². The van der Waals surface area contributed by atoms with Crippen molar-refractivity contribution in [2.24, 2.45) is 5.92 Å². The third-order valence-corrected chi connectivity index (χ3v) is 5.26. The molecule has 0 aromatic heterocycles. The van der Waals surface area contributed by atoms with Gasteiger partial charge in [-0.15, -0.1) is 0 Å². The molecule has 2 heterocycles. The zero-order valence-corrected chi connectivity index (χ0v) is 14.1. The fourth-order valence-electron chi connectivity index (χ4n) is 3.35. The fourth-order valence-corrected chi connectivity index (χ4v) is 3.53. The van der Waals surface area contributed by atoms with Crippen molar-refractivity contribution < 1.29 is 19.5 Å². The Morgan fingerprint density at radius 2 is 1.92 bits per heavy atom. The zero-order valence-electron chi connectivity index (χ0n) is 13.4. The molecule has 0 saturated carbocycles. The summed E-state index contributed by atoms with van der Waals surface area (Å²) < 4.78 is 0. The third kappa shape index (κ3) is 3.03. The number of piperidine rings is 1. The van der Waals surface area contributed by atoms with Crippen molar-refractivity contribution in [1.82, 2.24) is 4.90 Å². The second kappa shape index (κ2) is 6.53. The number of carboxylic acids is 1. The van der Waals surface area contributed by atoms with Crippen molar-refractivity contribution in [3.05, 3.63) is 28.8 Å². The third-order valence-electron chi connectivity index (χ3n) is 4.86. The first-order valence-corrected chi connectivity index (χ1v) is 8.36. The number of hydrogen-bond donors (Lipinski definition) is 1. The Morgan fingerprint density at radius 3 is 2.50 bits per heavy atom. The van der Waals surface area contributed by atoms with Crippen LogP contribution in [0.15, 0.2) is 18.2 Å². The molecule has 1 aromatic carbocycles. The van der Waals surface area contributed by atoms with E-state index in [2.05, 4.69) is 0 Å². The Kier molecular flexibility index (Phi) is 4.60. The molecule has 0 bridgehead atoms. The summed E-state index contributed by atoms with van der Waals surface area (Å²) in [6.45, 7) is 2.89. The lowest BCUT2D eigenvalue weighted by atomic mass is 9.96. The van der Waals surface area contributed by atoms with E-state index in [-0.39, 0.29) is 24.2 Å². The highest BCUT2D eigenvalue weighted by molar-refractivity contribution is 6.32. The van der Waals surface area contributed by atoms with Gasteiger partial charge in [0.2, 0.25) is 5.91 Å². The minimum absolute atomic E-state index is 0.127. The summed E-state index contributed by atoms with van der Waals surface area (Å²) in [4.78, 5) is 39.2. The Balaban J connectivity index is 1.75. The lowest BCUT2D eigenvalue weighted by molar-refractivity contribution is -0.143. The number of amides is 2. The summed E-state index contributed by atoms with van der Waals surface area (Å²) in [6.07, 6.45) is 1.13. The van der Waals surface area contributed by atoms with Gasteiger partial charge in [-0.2, -0.15) is 0 Å². The van der Waals surface area contributed by atoms with Gasteiger partial charge < -0.3 is 5.11 Å².